The van der Waals surface area contributed by atoms with Crippen LogP contribution in [0, 0.1) is 5.82 Å². The van der Waals surface area contributed by atoms with Crippen LogP contribution in [0.4, 0.5) is 4.39 Å². The molecule has 132 valence electrons. The van der Waals surface area contributed by atoms with Crippen molar-refractivity contribution in [2.45, 2.75) is 25.8 Å². The Balaban J connectivity index is 1.56. The summed E-state index contributed by atoms with van der Waals surface area (Å²) in [7, 11) is 0. The van der Waals surface area contributed by atoms with Gasteiger partial charge < -0.3 is 9.80 Å². The predicted molar refractivity (Wildman–Crippen MR) is 95.7 cm³/mol. The summed E-state index contributed by atoms with van der Waals surface area (Å²) in [5.74, 6) is -0.255. The van der Waals surface area contributed by atoms with E-state index < -0.39 is 0 Å². The van der Waals surface area contributed by atoms with Gasteiger partial charge in [0.2, 0.25) is 11.8 Å². The number of hydrogen-bond donors (Lipinski definition) is 0. The second-order valence-electron chi connectivity index (χ2n) is 6.12. The summed E-state index contributed by atoms with van der Waals surface area (Å²) in [6.45, 7) is 1.64. The maximum atomic E-state index is 13.8. The van der Waals surface area contributed by atoms with Gasteiger partial charge in [0.05, 0.1) is 0 Å². The Morgan fingerprint density at radius 2 is 1.96 bits per heavy atom. The van der Waals surface area contributed by atoms with Crippen LogP contribution < -0.4 is 0 Å². The van der Waals surface area contributed by atoms with Gasteiger partial charge in [-0.2, -0.15) is 0 Å². The summed E-state index contributed by atoms with van der Waals surface area (Å²) in [5, 5.41) is 2.00. The smallest absolute Gasteiger partial charge is 0.224 e. The zero-order valence-corrected chi connectivity index (χ0v) is 14.8. The lowest BCUT2D eigenvalue weighted by Crippen LogP contribution is -2.35. The Labute approximate surface area is 150 Å². The quantitative estimate of drug-likeness (QED) is 0.822. The molecule has 1 fully saturated rings. The monoisotopic (exact) mass is 360 g/mol. The number of halogens is 1. The van der Waals surface area contributed by atoms with Gasteiger partial charge in [0.25, 0.3) is 0 Å². The molecular weight excluding hydrogens is 339 g/mol. The van der Waals surface area contributed by atoms with Crippen LogP contribution in [0.2, 0.25) is 0 Å². The third-order valence-corrected chi connectivity index (χ3v) is 5.36. The van der Waals surface area contributed by atoms with Crippen molar-refractivity contribution in [3.8, 4) is 0 Å². The number of rotatable bonds is 5. The normalized spacial score (nSPS) is 15.3. The van der Waals surface area contributed by atoms with Crippen molar-refractivity contribution in [1.29, 1.82) is 0 Å². The highest BCUT2D eigenvalue weighted by atomic mass is 32.1. The van der Waals surface area contributed by atoms with Crippen LogP contribution in [-0.2, 0) is 22.6 Å². The van der Waals surface area contributed by atoms with Crippen LogP contribution >= 0.6 is 11.3 Å². The summed E-state index contributed by atoms with van der Waals surface area (Å²) in [6, 6.07) is 10.5. The molecule has 0 bridgehead atoms. The van der Waals surface area contributed by atoms with E-state index in [2.05, 4.69) is 0 Å². The standard InChI is InChI=1S/C19H21FN2O2S/c20-17-6-2-1-4-15(17)14-22-12-11-21(10-9-19(22)24)18(23)8-7-16-5-3-13-25-16/h1-6,13H,7-12,14H2. The van der Waals surface area contributed by atoms with E-state index in [0.29, 0.717) is 38.0 Å². The molecule has 2 aromatic rings. The maximum absolute atomic E-state index is 13.8. The second-order valence-corrected chi connectivity index (χ2v) is 7.15. The SMILES string of the molecule is O=C(CCc1cccs1)N1CCC(=O)N(Cc2ccccc2F)CC1. The molecule has 3 rings (SSSR count). The number of benzene rings is 1. The zero-order valence-electron chi connectivity index (χ0n) is 14.0. The third kappa shape index (κ3) is 4.66. The maximum Gasteiger partial charge on any atom is 0.224 e. The van der Waals surface area contributed by atoms with Crippen molar-refractivity contribution in [3.05, 3.63) is 58.0 Å². The van der Waals surface area contributed by atoms with E-state index >= 15 is 0 Å². The topological polar surface area (TPSA) is 40.6 Å². The molecule has 4 nitrogen and oxygen atoms in total. The average Bonchev–Trinajstić information content (AvgIpc) is 3.06. The summed E-state index contributed by atoms with van der Waals surface area (Å²) in [4.78, 5) is 29.3. The first-order valence-electron chi connectivity index (χ1n) is 8.45. The van der Waals surface area contributed by atoms with Crippen LogP contribution in [0.25, 0.3) is 0 Å². The number of aryl methyl sites for hydroxylation is 1. The molecular formula is C19H21FN2O2S. The van der Waals surface area contributed by atoms with Gasteiger partial charge in [0.15, 0.2) is 0 Å². The lowest BCUT2D eigenvalue weighted by molar-refractivity contribution is -0.131. The molecule has 1 aromatic carbocycles. The summed E-state index contributed by atoms with van der Waals surface area (Å²) in [5.41, 5.74) is 0.508. The highest BCUT2D eigenvalue weighted by Gasteiger charge is 2.24. The van der Waals surface area contributed by atoms with Crippen LogP contribution in [0.15, 0.2) is 41.8 Å². The molecule has 0 aliphatic carbocycles. The van der Waals surface area contributed by atoms with Crippen molar-refractivity contribution in [1.82, 2.24) is 9.80 Å². The molecule has 0 radical (unpaired) electrons. The minimum atomic E-state index is -0.302. The highest BCUT2D eigenvalue weighted by Crippen LogP contribution is 2.15. The zero-order chi connectivity index (χ0) is 17.6. The molecule has 1 aliphatic rings. The second kappa shape index (κ2) is 8.25. The van der Waals surface area contributed by atoms with Gasteiger partial charge in [0, 0.05) is 49.5 Å². The van der Waals surface area contributed by atoms with Crippen LogP contribution in [0.3, 0.4) is 0 Å². The molecule has 0 spiro atoms. The van der Waals surface area contributed by atoms with E-state index in [0.717, 1.165) is 6.42 Å². The van der Waals surface area contributed by atoms with Crippen LogP contribution in [0.1, 0.15) is 23.3 Å². The summed E-state index contributed by atoms with van der Waals surface area (Å²) >= 11 is 1.65. The van der Waals surface area contributed by atoms with Crippen molar-refractivity contribution in [3.63, 3.8) is 0 Å². The predicted octanol–water partition coefficient (Wildman–Crippen LogP) is 3.08. The van der Waals surface area contributed by atoms with E-state index in [1.807, 2.05) is 17.5 Å². The Bertz CT molecular complexity index is 733. The first kappa shape index (κ1) is 17.6. The molecule has 6 heteroatoms. The molecule has 0 N–H and O–H groups in total. The number of nitrogens with zero attached hydrogens (tertiary/aromatic N) is 2. The van der Waals surface area contributed by atoms with E-state index in [-0.39, 0.29) is 24.2 Å². The third-order valence-electron chi connectivity index (χ3n) is 4.43. The molecule has 0 unspecified atom stereocenters. The lowest BCUT2D eigenvalue weighted by Gasteiger charge is -2.22. The van der Waals surface area contributed by atoms with Crippen molar-refractivity contribution in [2.24, 2.45) is 0 Å². The van der Waals surface area contributed by atoms with E-state index in [9.17, 15) is 14.0 Å². The minimum absolute atomic E-state index is 0.0307. The fraction of sp³-hybridized carbons (Fsp3) is 0.368. The number of hydrogen-bond acceptors (Lipinski definition) is 3. The number of carbonyl (C=O) groups excluding carboxylic acids is 2. The van der Waals surface area contributed by atoms with Crippen molar-refractivity contribution < 1.29 is 14.0 Å². The van der Waals surface area contributed by atoms with Crippen molar-refractivity contribution in [2.75, 3.05) is 19.6 Å². The van der Waals surface area contributed by atoms with E-state index in [1.165, 1.54) is 10.9 Å². The molecule has 1 aliphatic heterocycles. The van der Waals surface area contributed by atoms with Gasteiger partial charge in [-0.05, 0) is 23.9 Å². The number of carbonyl (C=O) groups is 2. The Hall–Kier alpha value is -2.21. The van der Waals surface area contributed by atoms with Gasteiger partial charge >= 0.3 is 0 Å². The van der Waals surface area contributed by atoms with Gasteiger partial charge in [0.1, 0.15) is 5.82 Å². The first-order chi connectivity index (χ1) is 12.1. The van der Waals surface area contributed by atoms with Gasteiger partial charge in [-0.3, -0.25) is 9.59 Å². The van der Waals surface area contributed by atoms with Crippen LogP contribution in [-0.4, -0.2) is 41.2 Å². The Morgan fingerprint density at radius 3 is 2.72 bits per heavy atom. The van der Waals surface area contributed by atoms with Gasteiger partial charge in [-0.1, -0.05) is 24.3 Å². The highest BCUT2D eigenvalue weighted by molar-refractivity contribution is 7.09. The fourth-order valence-electron chi connectivity index (χ4n) is 2.96. The number of amides is 2. The van der Waals surface area contributed by atoms with Crippen molar-refractivity contribution >= 4 is 23.2 Å². The van der Waals surface area contributed by atoms with Gasteiger partial charge in [-0.15, -0.1) is 11.3 Å². The Kier molecular flexibility index (Phi) is 5.81. The molecule has 0 atom stereocenters. The largest absolute Gasteiger partial charge is 0.340 e. The molecule has 0 saturated carbocycles. The fourth-order valence-corrected chi connectivity index (χ4v) is 3.67. The molecule has 2 amide bonds. The molecule has 1 saturated heterocycles. The molecule has 25 heavy (non-hydrogen) atoms. The number of thiophene rings is 1. The molecule has 2 heterocycles. The lowest BCUT2D eigenvalue weighted by atomic mass is 10.2. The summed E-state index contributed by atoms with van der Waals surface area (Å²) < 4.78 is 13.8. The van der Waals surface area contributed by atoms with E-state index in [1.54, 1.807) is 39.3 Å². The van der Waals surface area contributed by atoms with Crippen LogP contribution in [0.5, 0.6) is 0 Å². The molecule has 1 aromatic heterocycles. The van der Waals surface area contributed by atoms with Gasteiger partial charge in [-0.25, -0.2) is 4.39 Å². The van der Waals surface area contributed by atoms with E-state index in [4.69, 9.17) is 0 Å². The summed E-state index contributed by atoms with van der Waals surface area (Å²) in [6.07, 6.45) is 1.49. The Morgan fingerprint density at radius 1 is 1.12 bits per heavy atom. The first-order valence-corrected chi connectivity index (χ1v) is 9.33. The average molecular weight is 360 g/mol. The minimum Gasteiger partial charge on any atom is -0.340 e.